The minimum absolute atomic E-state index is 0.312. The molecule has 2 N–H and O–H groups in total. The van der Waals surface area contributed by atoms with Crippen LogP contribution in [-0.4, -0.2) is 25.8 Å². The Morgan fingerprint density at radius 3 is 2.08 bits per heavy atom. The number of rotatable bonds is 1. The second kappa shape index (κ2) is 2.43. The fourth-order valence-electron chi connectivity index (χ4n) is 2.32. The standard InChI is InChI=1S/C7H14N2O2S/c8-12(10,11)9-5-7(6-9)3-1-2-4-7/h1-6H2,(H2,8,10,11). The molecule has 1 aliphatic heterocycles. The molecular formula is C7H14N2O2S. The van der Waals surface area contributed by atoms with Gasteiger partial charge >= 0.3 is 0 Å². The summed E-state index contributed by atoms with van der Waals surface area (Å²) in [5.74, 6) is 0. The summed E-state index contributed by atoms with van der Waals surface area (Å²) >= 11 is 0. The van der Waals surface area contributed by atoms with Crippen molar-refractivity contribution in [3.8, 4) is 0 Å². The normalized spacial score (nSPS) is 29.1. The van der Waals surface area contributed by atoms with Gasteiger partial charge in [-0.25, -0.2) is 5.14 Å². The van der Waals surface area contributed by atoms with Crippen molar-refractivity contribution in [2.75, 3.05) is 13.1 Å². The average molecular weight is 190 g/mol. The van der Waals surface area contributed by atoms with Gasteiger partial charge in [-0.15, -0.1) is 0 Å². The monoisotopic (exact) mass is 190 g/mol. The summed E-state index contributed by atoms with van der Waals surface area (Å²) in [6.07, 6.45) is 4.86. The predicted octanol–water partition coefficient (Wildman–Crippen LogP) is 0.0659. The van der Waals surface area contributed by atoms with Crippen molar-refractivity contribution in [2.45, 2.75) is 25.7 Å². The summed E-state index contributed by atoms with van der Waals surface area (Å²) in [7, 11) is -3.40. The molecule has 0 atom stereocenters. The Labute approximate surface area is 72.9 Å². The Bertz CT molecular complexity index is 272. The molecule has 0 aromatic carbocycles. The molecule has 2 rings (SSSR count). The largest absolute Gasteiger partial charge is 0.276 e. The van der Waals surface area contributed by atoms with Crippen LogP contribution in [0.15, 0.2) is 0 Å². The van der Waals surface area contributed by atoms with E-state index in [1.54, 1.807) is 0 Å². The Kier molecular flexibility index (Phi) is 1.72. The first kappa shape index (κ1) is 8.47. The van der Waals surface area contributed by atoms with E-state index in [1.807, 2.05) is 0 Å². The third-order valence-corrected chi connectivity index (χ3v) is 4.03. The molecule has 0 bridgehead atoms. The molecule has 4 nitrogen and oxygen atoms in total. The van der Waals surface area contributed by atoms with Gasteiger partial charge in [-0.2, -0.15) is 12.7 Å². The summed E-state index contributed by atoms with van der Waals surface area (Å²) in [6, 6.07) is 0. The van der Waals surface area contributed by atoms with Gasteiger partial charge in [-0.1, -0.05) is 12.8 Å². The minimum Gasteiger partial charge on any atom is -0.216 e. The van der Waals surface area contributed by atoms with Gasteiger partial charge in [0.25, 0.3) is 10.2 Å². The zero-order chi connectivity index (χ0) is 8.82. The second-order valence-corrected chi connectivity index (χ2v) is 5.57. The molecule has 2 fully saturated rings. The average Bonchev–Trinajstić information content (AvgIpc) is 2.27. The molecule has 0 unspecified atom stereocenters. The second-order valence-electron chi connectivity index (χ2n) is 4.02. The van der Waals surface area contributed by atoms with Crippen LogP contribution in [0.1, 0.15) is 25.7 Å². The predicted molar refractivity (Wildman–Crippen MR) is 45.6 cm³/mol. The minimum atomic E-state index is -3.40. The smallest absolute Gasteiger partial charge is 0.216 e. The van der Waals surface area contributed by atoms with Crippen LogP contribution in [0.5, 0.6) is 0 Å². The molecule has 2 aliphatic rings. The van der Waals surface area contributed by atoms with Crippen LogP contribution in [0.2, 0.25) is 0 Å². The highest BCUT2D eigenvalue weighted by Crippen LogP contribution is 2.45. The van der Waals surface area contributed by atoms with Crippen molar-refractivity contribution < 1.29 is 8.42 Å². The fourth-order valence-corrected chi connectivity index (χ4v) is 3.23. The molecule has 12 heavy (non-hydrogen) atoms. The van der Waals surface area contributed by atoms with Crippen molar-refractivity contribution in [2.24, 2.45) is 10.6 Å². The maximum atomic E-state index is 10.9. The van der Waals surface area contributed by atoms with Crippen molar-refractivity contribution in [1.29, 1.82) is 0 Å². The van der Waals surface area contributed by atoms with Gasteiger partial charge in [0, 0.05) is 13.1 Å². The van der Waals surface area contributed by atoms with Crippen LogP contribution in [-0.2, 0) is 10.2 Å². The number of nitrogens with two attached hydrogens (primary N) is 1. The molecule has 0 aromatic rings. The van der Waals surface area contributed by atoms with Gasteiger partial charge in [0.15, 0.2) is 0 Å². The van der Waals surface area contributed by atoms with E-state index in [2.05, 4.69) is 0 Å². The Balaban J connectivity index is 1.99. The lowest BCUT2D eigenvalue weighted by Gasteiger charge is -2.46. The maximum Gasteiger partial charge on any atom is 0.276 e. The Morgan fingerprint density at radius 1 is 1.17 bits per heavy atom. The number of nitrogens with zero attached hydrogens (tertiary/aromatic N) is 1. The first-order valence-electron chi connectivity index (χ1n) is 4.30. The molecule has 1 spiro atoms. The van der Waals surface area contributed by atoms with E-state index in [-0.39, 0.29) is 0 Å². The molecule has 1 aliphatic carbocycles. The fraction of sp³-hybridized carbons (Fsp3) is 1.00. The third kappa shape index (κ3) is 1.26. The van der Waals surface area contributed by atoms with Gasteiger partial charge in [0.1, 0.15) is 0 Å². The van der Waals surface area contributed by atoms with E-state index in [9.17, 15) is 8.42 Å². The highest BCUT2D eigenvalue weighted by molar-refractivity contribution is 7.86. The van der Waals surface area contributed by atoms with Crippen molar-refractivity contribution in [1.82, 2.24) is 4.31 Å². The molecule has 1 saturated carbocycles. The van der Waals surface area contributed by atoms with Crippen molar-refractivity contribution in [3.63, 3.8) is 0 Å². The van der Waals surface area contributed by atoms with Crippen molar-refractivity contribution >= 4 is 10.2 Å². The first-order valence-corrected chi connectivity index (χ1v) is 5.80. The van der Waals surface area contributed by atoms with Gasteiger partial charge in [0.2, 0.25) is 0 Å². The summed E-state index contributed by atoms with van der Waals surface area (Å²) in [6.45, 7) is 1.32. The lowest BCUT2D eigenvalue weighted by atomic mass is 9.80. The molecule has 1 heterocycles. The lowest BCUT2D eigenvalue weighted by molar-refractivity contribution is 0.0778. The van der Waals surface area contributed by atoms with Crippen LogP contribution >= 0.6 is 0 Å². The highest BCUT2D eigenvalue weighted by Gasteiger charge is 2.48. The van der Waals surface area contributed by atoms with E-state index in [4.69, 9.17) is 5.14 Å². The molecule has 5 heteroatoms. The molecule has 70 valence electrons. The summed E-state index contributed by atoms with van der Waals surface area (Å²) < 4.78 is 23.1. The van der Waals surface area contributed by atoms with Crippen molar-refractivity contribution in [3.05, 3.63) is 0 Å². The van der Waals surface area contributed by atoms with Gasteiger partial charge in [-0.3, -0.25) is 0 Å². The van der Waals surface area contributed by atoms with Crippen LogP contribution in [0.3, 0.4) is 0 Å². The topological polar surface area (TPSA) is 63.4 Å². The molecule has 0 aromatic heterocycles. The van der Waals surface area contributed by atoms with E-state index in [1.165, 1.54) is 30.0 Å². The molecule has 0 radical (unpaired) electrons. The summed E-state index contributed by atoms with van der Waals surface area (Å²) in [5, 5.41) is 4.99. The van der Waals surface area contributed by atoms with E-state index >= 15 is 0 Å². The quantitative estimate of drug-likeness (QED) is 0.635. The van der Waals surface area contributed by atoms with Gasteiger partial charge < -0.3 is 0 Å². The van der Waals surface area contributed by atoms with E-state index in [0.29, 0.717) is 18.5 Å². The Morgan fingerprint density at radius 2 is 1.67 bits per heavy atom. The maximum absolute atomic E-state index is 10.9. The lowest BCUT2D eigenvalue weighted by Crippen LogP contribution is -2.58. The SMILES string of the molecule is NS(=O)(=O)N1CC2(CCCC2)C1. The first-order chi connectivity index (χ1) is 5.52. The zero-order valence-electron chi connectivity index (χ0n) is 6.99. The molecule has 1 saturated heterocycles. The molecule has 0 amide bonds. The van der Waals surface area contributed by atoms with Crippen LogP contribution < -0.4 is 5.14 Å². The Hall–Kier alpha value is -0.130. The zero-order valence-corrected chi connectivity index (χ0v) is 7.81. The number of hydrogen-bond acceptors (Lipinski definition) is 2. The van der Waals surface area contributed by atoms with Crippen LogP contribution in [0.25, 0.3) is 0 Å². The van der Waals surface area contributed by atoms with Gasteiger partial charge in [0.05, 0.1) is 0 Å². The third-order valence-electron chi connectivity index (χ3n) is 3.05. The van der Waals surface area contributed by atoms with Gasteiger partial charge in [-0.05, 0) is 18.3 Å². The summed E-state index contributed by atoms with van der Waals surface area (Å²) in [4.78, 5) is 0. The number of hydrogen-bond donors (Lipinski definition) is 1. The van der Waals surface area contributed by atoms with E-state index in [0.717, 1.165) is 0 Å². The molecular weight excluding hydrogens is 176 g/mol. The van der Waals surface area contributed by atoms with E-state index < -0.39 is 10.2 Å². The van der Waals surface area contributed by atoms with Crippen LogP contribution in [0.4, 0.5) is 0 Å². The highest BCUT2D eigenvalue weighted by atomic mass is 32.2. The summed E-state index contributed by atoms with van der Waals surface area (Å²) in [5.41, 5.74) is 0.312. The van der Waals surface area contributed by atoms with Crippen LogP contribution in [0, 0.1) is 5.41 Å².